The number of aryl methyl sites for hydroxylation is 1. The second-order valence-corrected chi connectivity index (χ2v) is 5.65. The van der Waals surface area contributed by atoms with E-state index in [-0.39, 0.29) is 18.5 Å². The van der Waals surface area contributed by atoms with Gasteiger partial charge >= 0.3 is 6.03 Å². The quantitative estimate of drug-likeness (QED) is 0.875. The fourth-order valence-corrected chi connectivity index (χ4v) is 2.32. The van der Waals surface area contributed by atoms with Crippen molar-refractivity contribution >= 4 is 28.4 Å². The number of carbonyl (C=O) groups excluding carboxylic acids is 2. The first-order chi connectivity index (χ1) is 9.43. The Morgan fingerprint density at radius 3 is 2.60 bits per heavy atom. The number of thiazole rings is 1. The first-order valence-corrected chi connectivity index (χ1v) is 7.50. The second kappa shape index (κ2) is 7.84. The zero-order valence-corrected chi connectivity index (χ0v) is 13.3. The monoisotopic (exact) mass is 298 g/mol. The van der Waals surface area contributed by atoms with Gasteiger partial charge in [-0.1, -0.05) is 13.3 Å². The number of aromatic nitrogens is 1. The fourth-order valence-electron chi connectivity index (χ4n) is 1.62. The molecule has 0 saturated carbocycles. The molecular formula is C13H22N4O2S. The number of nitrogens with zero attached hydrogens (tertiary/aromatic N) is 3. The van der Waals surface area contributed by atoms with Crippen LogP contribution in [0.5, 0.6) is 0 Å². The normalized spacial score (nSPS) is 10.2. The van der Waals surface area contributed by atoms with Crippen LogP contribution in [-0.4, -0.2) is 53.9 Å². The van der Waals surface area contributed by atoms with E-state index in [2.05, 4.69) is 17.2 Å². The number of hydrogen-bond donors (Lipinski definition) is 1. The van der Waals surface area contributed by atoms with Gasteiger partial charge in [0.1, 0.15) is 6.54 Å². The molecule has 0 aliphatic heterocycles. The van der Waals surface area contributed by atoms with E-state index in [1.54, 1.807) is 19.0 Å². The molecule has 0 radical (unpaired) electrons. The van der Waals surface area contributed by atoms with Crippen LogP contribution in [0.25, 0.3) is 0 Å². The Morgan fingerprint density at radius 1 is 1.40 bits per heavy atom. The molecule has 20 heavy (non-hydrogen) atoms. The van der Waals surface area contributed by atoms with Crippen LogP contribution in [0, 0.1) is 6.92 Å². The van der Waals surface area contributed by atoms with Gasteiger partial charge in [0.25, 0.3) is 0 Å². The summed E-state index contributed by atoms with van der Waals surface area (Å²) in [6.07, 6.45) is 1.85. The van der Waals surface area contributed by atoms with Crippen LogP contribution in [0.1, 0.15) is 25.5 Å². The molecule has 3 amide bonds. The van der Waals surface area contributed by atoms with E-state index in [0.717, 1.165) is 18.5 Å². The minimum absolute atomic E-state index is 0.0512. The summed E-state index contributed by atoms with van der Waals surface area (Å²) in [6, 6.07) is -0.149. The maximum atomic E-state index is 12.0. The van der Waals surface area contributed by atoms with Crippen molar-refractivity contribution in [1.82, 2.24) is 14.8 Å². The molecule has 0 saturated heterocycles. The molecule has 0 bridgehead atoms. The highest BCUT2D eigenvalue weighted by atomic mass is 32.1. The van der Waals surface area contributed by atoms with Gasteiger partial charge in [-0.15, -0.1) is 11.3 Å². The molecule has 0 atom stereocenters. The number of anilines is 1. The molecule has 1 aromatic rings. The molecule has 0 unspecified atom stereocenters. The van der Waals surface area contributed by atoms with Crippen LogP contribution in [0.3, 0.4) is 0 Å². The van der Waals surface area contributed by atoms with Crippen LogP contribution < -0.4 is 5.32 Å². The summed E-state index contributed by atoms with van der Waals surface area (Å²) >= 11 is 1.38. The molecule has 0 aliphatic carbocycles. The number of carbonyl (C=O) groups is 2. The van der Waals surface area contributed by atoms with Gasteiger partial charge in [-0.3, -0.25) is 4.79 Å². The number of unbranched alkanes of at least 4 members (excludes halogenated alkanes) is 1. The number of hydrogen-bond acceptors (Lipinski definition) is 4. The van der Waals surface area contributed by atoms with Crippen molar-refractivity contribution in [2.45, 2.75) is 26.7 Å². The Kier molecular flexibility index (Phi) is 6.44. The fraction of sp³-hybridized carbons (Fsp3) is 0.615. The summed E-state index contributed by atoms with van der Waals surface area (Å²) in [5.41, 5.74) is 0.873. The Labute approximate surface area is 123 Å². The molecule has 7 heteroatoms. The van der Waals surface area contributed by atoms with Crippen LogP contribution in [0.2, 0.25) is 0 Å². The number of nitrogens with one attached hydrogen (secondary N) is 1. The van der Waals surface area contributed by atoms with Gasteiger partial charge in [0.2, 0.25) is 5.91 Å². The summed E-state index contributed by atoms with van der Waals surface area (Å²) in [6.45, 7) is 4.56. The third kappa shape index (κ3) is 5.16. The summed E-state index contributed by atoms with van der Waals surface area (Å²) < 4.78 is 0. The third-order valence-corrected chi connectivity index (χ3v) is 3.51. The minimum Gasteiger partial charge on any atom is -0.331 e. The number of amides is 3. The molecule has 0 aromatic carbocycles. The molecule has 0 aliphatic rings. The van der Waals surface area contributed by atoms with Crippen molar-refractivity contribution in [3.05, 3.63) is 11.1 Å². The Morgan fingerprint density at radius 2 is 2.10 bits per heavy atom. The molecule has 6 nitrogen and oxygen atoms in total. The van der Waals surface area contributed by atoms with Crippen molar-refractivity contribution in [3.63, 3.8) is 0 Å². The van der Waals surface area contributed by atoms with Gasteiger partial charge in [0, 0.05) is 26.0 Å². The standard InChI is InChI=1S/C13H22N4O2S/c1-5-6-7-17(13(19)16(3)4)8-11(18)15-12-14-10(2)9-20-12/h9H,5-8H2,1-4H3,(H,14,15,18). The van der Waals surface area contributed by atoms with Gasteiger partial charge < -0.3 is 15.1 Å². The van der Waals surface area contributed by atoms with Crippen molar-refractivity contribution in [2.24, 2.45) is 0 Å². The minimum atomic E-state index is -0.217. The van der Waals surface area contributed by atoms with E-state index >= 15 is 0 Å². The highest BCUT2D eigenvalue weighted by molar-refractivity contribution is 7.13. The van der Waals surface area contributed by atoms with E-state index in [0.29, 0.717) is 11.7 Å². The average Bonchev–Trinajstić information content (AvgIpc) is 2.78. The molecule has 1 N–H and O–H groups in total. The highest BCUT2D eigenvalue weighted by Gasteiger charge is 2.18. The largest absolute Gasteiger partial charge is 0.331 e. The highest BCUT2D eigenvalue weighted by Crippen LogP contribution is 2.14. The summed E-state index contributed by atoms with van der Waals surface area (Å²) in [7, 11) is 3.37. The summed E-state index contributed by atoms with van der Waals surface area (Å²) in [5.74, 6) is -0.217. The third-order valence-electron chi connectivity index (χ3n) is 2.63. The molecule has 0 fully saturated rings. The van der Waals surface area contributed by atoms with Crippen molar-refractivity contribution in [3.8, 4) is 0 Å². The average molecular weight is 298 g/mol. The Hall–Kier alpha value is -1.63. The zero-order valence-electron chi connectivity index (χ0n) is 12.5. The van der Waals surface area contributed by atoms with Gasteiger partial charge in [-0.05, 0) is 13.3 Å². The van der Waals surface area contributed by atoms with E-state index in [1.807, 2.05) is 12.3 Å². The molecule has 1 rings (SSSR count). The lowest BCUT2D eigenvalue weighted by Crippen LogP contribution is -2.43. The van der Waals surface area contributed by atoms with Gasteiger partial charge in [0.05, 0.1) is 5.69 Å². The lowest BCUT2D eigenvalue weighted by molar-refractivity contribution is -0.116. The first kappa shape index (κ1) is 16.4. The van der Waals surface area contributed by atoms with Crippen LogP contribution >= 0.6 is 11.3 Å². The summed E-state index contributed by atoms with van der Waals surface area (Å²) in [5, 5.41) is 5.16. The maximum Gasteiger partial charge on any atom is 0.319 e. The van der Waals surface area contributed by atoms with Crippen molar-refractivity contribution in [1.29, 1.82) is 0 Å². The second-order valence-electron chi connectivity index (χ2n) is 4.79. The first-order valence-electron chi connectivity index (χ1n) is 6.62. The topological polar surface area (TPSA) is 65.5 Å². The lowest BCUT2D eigenvalue weighted by Gasteiger charge is -2.25. The molecule has 1 heterocycles. The molecule has 112 valence electrons. The molecular weight excluding hydrogens is 276 g/mol. The van der Waals surface area contributed by atoms with E-state index in [9.17, 15) is 9.59 Å². The lowest BCUT2D eigenvalue weighted by atomic mass is 10.3. The molecule has 0 spiro atoms. The van der Waals surface area contributed by atoms with Gasteiger partial charge in [-0.25, -0.2) is 9.78 Å². The van der Waals surface area contributed by atoms with Crippen LogP contribution in [0.15, 0.2) is 5.38 Å². The predicted molar refractivity (Wildman–Crippen MR) is 81.0 cm³/mol. The molecule has 1 aromatic heterocycles. The van der Waals surface area contributed by atoms with E-state index < -0.39 is 0 Å². The van der Waals surface area contributed by atoms with Crippen molar-refractivity contribution in [2.75, 3.05) is 32.5 Å². The van der Waals surface area contributed by atoms with Crippen molar-refractivity contribution < 1.29 is 9.59 Å². The van der Waals surface area contributed by atoms with Gasteiger partial charge in [0.15, 0.2) is 5.13 Å². The maximum absolute atomic E-state index is 12.0. The Bertz CT molecular complexity index is 459. The smallest absolute Gasteiger partial charge is 0.319 e. The zero-order chi connectivity index (χ0) is 15.1. The van der Waals surface area contributed by atoms with E-state index in [1.165, 1.54) is 16.2 Å². The van der Waals surface area contributed by atoms with E-state index in [4.69, 9.17) is 0 Å². The number of rotatable bonds is 6. The van der Waals surface area contributed by atoms with Crippen LogP contribution in [0.4, 0.5) is 9.93 Å². The summed E-state index contributed by atoms with van der Waals surface area (Å²) in [4.78, 5) is 31.2. The number of urea groups is 1. The Balaban J connectivity index is 2.59. The predicted octanol–water partition coefficient (Wildman–Crippen LogP) is 2.17. The van der Waals surface area contributed by atoms with Gasteiger partial charge in [-0.2, -0.15) is 0 Å². The van der Waals surface area contributed by atoms with Crippen LogP contribution in [-0.2, 0) is 4.79 Å². The SMILES string of the molecule is CCCCN(CC(=O)Nc1nc(C)cs1)C(=O)N(C)C.